The largest absolute Gasteiger partial charge is 0.446 e. The second-order valence-corrected chi connectivity index (χ2v) is 4.51. The Labute approximate surface area is 108 Å². The van der Waals surface area contributed by atoms with E-state index in [1.807, 2.05) is 30.3 Å². The highest BCUT2D eigenvalue weighted by atomic mass is 16.6. The van der Waals surface area contributed by atoms with Crippen LogP contribution in [0.2, 0.25) is 0 Å². The lowest BCUT2D eigenvalue weighted by atomic mass is 10.0. The third-order valence-corrected chi connectivity index (χ3v) is 3.01. The van der Waals surface area contributed by atoms with Crippen molar-refractivity contribution in [3.8, 4) is 0 Å². The van der Waals surface area contributed by atoms with Crippen molar-refractivity contribution < 1.29 is 9.53 Å². The molecule has 18 heavy (non-hydrogen) atoms. The van der Waals surface area contributed by atoms with Crippen LogP contribution in [0.3, 0.4) is 0 Å². The molecular weight excluding hydrogens is 226 g/mol. The minimum atomic E-state index is -0.361. The second-order valence-electron chi connectivity index (χ2n) is 4.51. The van der Waals surface area contributed by atoms with E-state index in [1.165, 1.54) is 6.42 Å². The van der Waals surface area contributed by atoms with Gasteiger partial charge in [-0.15, -0.1) is 0 Å². The molecule has 1 N–H and O–H groups in total. The SMILES string of the molecule is O=C(Nc1ccccc1)OC1CC=CCCCC1. The first-order chi connectivity index (χ1) is 8.84. The summed E-state index contributed by atoms with van der Waals surface area (Å²) in [6.07, 6.45) is 9.14. The van der Waals surface area contributed by atoms with Crippen LogP contribution in [-0.2, 0) is 4.74 Å². The van der Waals surface area contributed by atoms with Gasteiger partial charge in [-0.1, -0.05) is 30.4 Å². The van der Waals surface area contributed by atoms with Crippen LogP contribution < -0.4 is 5.32 Å². The molecule has 0 heterocycles. The minimum absolute atomic E-state index is 0.00487. The van der Waals surface area contributed by atoms with E-state index in [4.69, 9.17) is 4.74 Å². The number of hydrogen-bond donors (Lipinski definition) is 1. The van der Waals surface area contributed by atoms with Gasteiger partial charge in [-0.2, -0.15) is 0 Å². The number of benzene rings is 1. The Hall–Kier alpha value is -1.77. The topological polar surface area (TPSA) is 38.3 Å². The third kappa shape index (κ3) is 4.24. The molecule has 3 nitrogen and oxygen atoms in total. The molecule has 1 aliphatic rings. The summed E-state index contributed by atoms with van der Waals surface area (Å²) in [5.41, 5.74) is 0.767. The Bertz CT molecular complexity index is 400. The lowest BCUT2D eigenvalue weighted by molar-refractivity contribution is 0.104. The van der Waals surface area contributed by atoms with Gasteiger partial charge < -0.3 is 4.74 Å². The average molecular weight is 245 g/mol. The molecule has 1 amide bonds. The molecule has 0 aliphatic heterocycles. The summed E-state index contributed by atoms with van der Waals surface area (Å²) < 4.78 is 5.43. The van der Waals surface area contributed by atoms with E-state index in [0.29, 0.717) is 0 Å². The van der Waals surface area contributed by atoms with Gasteiger partial charge in [0.05, 0.1) is 0 Å². The molecule has 0 aromatic heterocycles. The number of carbonyl (C=O) groups is 1. The van der Waals surface area contributed by atoms with Crippen LogP contribution in [0.5, 0.6) is 0 Å². The standard InChI is InChI=1S/C15H19NO2/c17-15(16-13-9-5-4-6-10-13)18-14-11-7-2-1-3-8-12-14/h2,4-7,9-10,14H,1,3,8,11-12H2,(H,16,17). The quantitative estimate of drug-likeness (QED) is 0.796. The van der Waals surface area contributed by atoms with Crippen LogP contribution in [-0.4, -0.2) is 12.2 Å². The molecule has 0 radical (unpaired) electrons. The summed E-state index contributed by atoms with van der Waals surface area (Å²) in [5, 5.41) is 2.74. The second kappa shape index (κ2) is 6.84. The van der Waals surface area contributed by atoms with Crippen molar-refractivity contribution in [2.45, 2.75) is 38.2 Å². The summed E-state index contributed by atoms with van der Waals surface area (Å²) in [6.45, 7) is 0. The van der Waals surface area contributed by atoms with E-state index in [0.717, 1.165) is 31.4 Å². The smallest absolute Gasteiger partial charge is 0.411 e. The predicted octanol–water partition coefficient (Wildman–Crippen LogP) is 4.12. The van der Waals surface area contributed by atoms with Crippen molar-refractivity contribution in [2.75, 3.05) is 5.32 Å². The molecule has 1 aromatic rings. The van der Waals surface area contributed by atoms with Crippen LogP contribution in [0, 0.1) is 0 Å². The molecule has 0 saturated carbocycles. The number of hydrogen-bond acceptors (Lipinski definition) is 2. The summed E-state index contributed by atoms with van der Waals surface area (Å²) >= 11 is 0. The fourth-order valence-electron chi connectivity index (χ4n) is 2.05. The van der Waals surface area contributed by atoms with Crippen molar-refractivity contribution in [1.29, 1.82) is 0 Å². The van der Waals surface area contributed by atoms with Gasteiger partial charge in [0.15, 0.2) is 0 Å². The van der Waals surface area contributed by atoms with Gasteiger partial charge in [0, 0.05) is 12.1 Å². The molecule has 0 bridgehead atoms. The molecule has 3 heteroatoms. The Morgan fingerprint density at radius 1 is 1.17 bits per heavy atom. The Kier molecular flexibility index (Phi) is 4.82. The molecule has 0 spiro atoms. The number of ether oxygens (including phenoxy) is 1. The normalized spacial score (nSPS) is 19.7. The van der Waals surface area contributed by atoms with Gasteiger partial charge in [0.2, 0.25) is 0 Å². The van der Waals surface area contributed by atoms with E-state index in [-0.39, 0.29) is 12.2 Å². The molecule has 0 fully saturated rings. The highest BCUT2D eigenvalue weighted by molar-refractivity contribution is 5.84. The number of rotatable bonds is 2. The summed E-state index contributed by atoms with van der Waals surface area (Å²) in [5.74, 6) is 0. The first kappa shape index (κ1) is 12.7. The predicted molar refractivity (Wildman–Crippen MR) is 72.6 cm³/mol. The minimum Gasteiger partial charge on any atom is -0.446 e. The fraction of sp³-hybridized carbons (Fsp3) is 0.400. The van der Waals surface area contributed by atoms with Gasteiger partial charge in [-0.05, 0) is 37.8 Å². The summed E-state index contributed by atoms with van der Waals surface area (Å²) in [6, 6.07) is 9.37. The molecule has 1 aromatic carbocycles. The van der Waals surface area contributed by atoms with Crippen molar-refractivity contribution >= 4 is 11.8 Å². The zero-order valence-corrected chi connectivity index (χ0v) is 10.5. The molecule has 1 atom stereocenters. The molecule has 1 aliphatic carbocycles. The maximum atomic E-state index is 11.7. The molecule has 0 saturated heterocycles. The summed E-state index contributed by atoms with van der Waals surface area (Å²) in [4.78, 5) is 11.7. The number of para-hydroxylation sites is 1. The van der Waals surface area contributed by atoms with E-state index in [9.17, 15) is 4.79 Å². The zero-order chi connectivity index (χ0) is 12.6. The molecule has 2 rings (SSSR count). The monoisotopic (exact) mass is 245 g/mol. The van der Waals surface area contributed by atoms with Gasteiger partial charge in [0.1, 0.15) is 6.10 Å². The lowest BCUT2D eigenvalue weighted by Gasteiger charge is -2.18. The Balaban J connectivity index is 1.83. The zero-order valence-electron chi connectivity index (χ0n) is 10.5. The molecular formula is C15H19NO2. The van der Waals surface area contributed by atoms with Crippen LogP contribution in [0.15, 0.2) is 42.5 Å². The third-order valence-electron chi connectivity index (χ3n) is 3.01. The van der Waals surface area contributed by atoms with E-state index >= 15 is 0 Å². The average Bonchev–Trinajstić information content (AvgIpc) is 2.34. The molecule has 1 unspecified atom stereocenters. The first-order valence-corrected chi connectivity index (χ1v) is 6.52. The van der Waals surface area contributed by atoms with Gasteiger partial charge in [-0.3, -0.25) is 5.32 Å². The summed E-state index contributed by atoms with van der Waals surface area (Å²) in [7, 11) is 0. The number of allylic oxidation sites excluding steroid dienone is 1. The van der Waals surface area contributed by atoms with Crippen molar-refractivity contribution in [3.05, 3.63) is 42.5 Å². The maximum Gasteiger partial charge on any atom is 0.411 e. The first-order valence-electron chi connectivity index (χ1n) is 6.52. The van der Waals surface area contributed by atoms with Crippen molar-refractivity contribution in [3.63, 3.8) is 0 Å². The van der Waals surface area contributed by atoms with Crippen molar-refractivity contribution in [1.82, 2.24) is 0 Å². The number of amides is 1. The van der Waals surface area contributed by atoms with Crippen LogP contribution in [0.1, 0.15) is 32.1 Å². The molecule has 96 valence electrons. The Morgan fingerprint density at radius 2 is 2.00 bits per heavy atom. The highest BCUT2D eigenvalue weighted by Gasteiger charge is 2.13. The van der Waals surface area contributed by atoms with E-state index in [1.54, 1.807) is 0 Å². The maximum absolute atomic E-state index is 11.7. The number of carbonyl (C=O) groups excluding carboxylic acids is 1. The highest BCUT2D eigenvalue weighted by Crippen LogP contribution is 2.16. The van der Waals surface area contributed by atoms with Gasteiger partial charge in [0.25, 0.3) is 0 Å². The number of anilines is 1. The van der Waals surface area contributed by atoms with Crippen LogP contribution in [0.4, 0.5) is 10.5 Å². The van der Waals surface area contributed by atoms with E-state index < -0.39 is 0 Å². The van der Waals surface area contributed by atoms with Gasteiger partial charge >= 0.3 is 6.09 Å². The fourth-order valence-corrected chi connectivity index (χ4v) is 2.05. The number of nitrogens with one attached hydrogen (secondary N) is 1. The Morgan fingerprint density at radius 3 is 2.83 bits per heavy atom. The lowest BCUT2D eigenvalue weighted by Crippen LogP contribution is -2.22. The van der Waals surface area contributed by atoms with Gasteiger partial charge in [-0.25, -0.2) is 4.79 Å². The van der Waals surface area contributed by atoms with Crippen LogP contribution >= 0.6 is 0 Å². The van der Waals surface area contributed by atoms with Crippen molar-refractivity contribution in [2.24, 2.45) is 0 Å². The van der Waals surface area contributed by atoms with Crippen LogP contribution in [0.25, 0.3) is 0 Å². The van der Waals surface area contributed by atoms with E-state index in [2.05, 4.69) is 17.5 Å².